The van der Waals surface area contributed by atoms with Gasteiger partial charge in [0.05, 0.1) is 17.6 Å². The van der Waals surface area contributed by atoms with Crippen molar-refractivity contribution >= 4 is 22.9 Å². The van der Waals surface area contributed by atoms with E-state index in [4.69, 9.17) is 0 Å². The largest absolute Gasteiger partial charge is 0.465 e. The highest BCUT2D eigenvalue weighted by atomic mass is 16.6. The molecule has 0 radical (unpaired) electrons. The number of rotatable bonds is 3. The minimum absolute atomic E-state index is 0.374. The molecule has 0 atom stereocenters. The summed E-state index contributed by atoms with van der Waals surface area (Å²) in [6, 6.07) is 5.11. The van der Waals surface area contributed by atoms with Crippen LogP contribution in [0.25, 0.3) is 17.0 Å². The first kappa shape index (κ1) is 11.8. The molecule has 0 aliphatic rings. The highest BCUT2D eigenvalue weighted by Gasteiger charge is 2.13. The summed E-state index contributed by atoms with van der Waals surface area (Å²) in [5, 5.41) is 10.9. The smallest absolute Gasteiger partial charge is 0.338 e. The van der Waals surface area contributed by atoms with Crippen LogP contribution < -0.4 is 0 Å². The van der Waals surface area contributed by atoms with Gasteiger partial charge in [0.1, 0.15) is 0 Å². The van der Waals surface area contributed by atoms with Crippen molar-refractivity contribution in [3.8, 4) is 0 Å². The van der Waals surface area contributed by atoms with Crippen molar-refractivity contribution in [1.29, 1.82) is 0 Å². The molecule has 6 nitrogen and oxygen atoms in total. The van der Waals surface area contributed by atoms with Crippen molar-refractivity contribution in [2.24, 2.45) is 0 Å². The van der Waals surface area contributed by atoms with E-state index in [9.17, 15) is 14.9 Å². The second-order valence-electron chi connectivity index (χ2n) is 3.56. The predicted octanol–water partition coefficient (Wildman–Crippen LogP) is 2.20. The van der Waals surface area contributed by atoms with Gasteiger partial charge in [0, 0.05) is 28.7 Å². The summed E-state index contributed by atoms with van der Waals surface area (Å²) in [5.41, 5.74) is 1.67. The number of nitrogens with one attached hydrogen (secondary N) is 1. The summed E-state index contributed by atoms with van der Waals surface area (Å²) in [4.78, 5) is 24.3. The number of hydrogen-bond acceptors (Lipinski definition) is 4. The number of aromatic amines is 1. The molecule has 0 saturated heterocycles. The fourth-order valence-corrected chi connectivity index (χ4v) is 1.76. The molecule has 0 aliphatic heterocycles. The van der Waals surface area contributed by atoms with E-state index in [0.29, 0.717) is 16.5 Å². The third kappa shape index (κ3) is 2.08. The van der Waals surface area contributed by atoms with Crippen LogP contribution in [0.1, 0.15) is 15.9 Å². The number of esters is 1. The molecule has 0 saturated carbocycles. The van der Waals surface area contributed by atoms with Gasteiger partial charge in [-0.25, -0.2) is 4.79 Å². The zero-order valence-electron chi connectivity index (χ0n) is 9.54. The zero-order chi connectivity index (χ0) is 13.1. The van der Waals surface area contributed by atoms with Gasteiger partial charge in [-0.05, 0) is 12.1 Å². The predicted molar refractivity (Wildman–Crippen MR) is 65.7 cm³/mol. The number of methoxy groups -OCH3 is 1. The minimum Gasteiger partial charge on any atom is -0.465 e. The van der Waals surface area contributed by atoms with Crippen LogP contribution in [0.2, 0.25) is 0 Å². The van der Waals surface area contributed by atoms with E-state index in [2.05, 4.69) is 9.72 Å². The molecular weight excluding hydrogens is 236 g/mol. The highest BCUT2D eigenvalue weighted by Crippen LogP contribution is 2.24. The van der Waals surface area contributed by atoms with E-state index >= 15 is 0 Å². The molecule has 1 aromatic heterocycles. The number of carbonyl (C=O) groups excluding carboxylic acids is 1. The lowest BCUT2D eigenvalue weighted by Crippen LogP contribution is -2.01. The molecule has 2 aromatic rings. The van der Waals surface area contributed by atoms with E-state index < -0.39 is 10.9 Å². The second-order valence-corrected chi connectivity index (χ2v) is 3.56. The molecule has 18 heavy (non-hydrogen) atoms. The number of H-pyrrole nitrogens is 1. The van der Waals surface area contributed by atoms with Gasteiger partial charge in [-0.1, -0.05) is 6.07 Å². The topological polar surface area (TPSA) is 85.2 Å². The van der Waals surface area contributed by atoms with Gasteiger partial charge in [-0.15, -0.1) is 0 Å². The standard InChI is InChI=1S/C12H10N2O4/c1-18-12(15)9-3-2-4-10-11(9)8(7-13-10)5-6-14(16)17/h2-7,13H,1H3/b6-5+. The van der Waals surface area contributed by atoms with Crippen LogP contribution in [0.3, 0.4) is 0 Å². The van der Waals surface area contributed by atoms with Crippen molar-refractivity contribution < 1.29 is 14.5 Å². The Morgan fingerprint density at radius 2 is 2.28 bits per heavy atom. The van der Waals surface area contributed by atoms with Crippen LogP contribution >= 0.6 is 0 Å². The fraction of sp³-hybridized carbons (Fsp3) is 0.0833. The Morgan fingerprint density at radius 3 is 2.94 bits per heavy atom. The van der Waals surface area contributed by atoms with Crippen molar-refractivity contribution in [3.63, 3.8) is 0 Å². The van der Waals surface area contributed by atoms with E-state index in [1.165, 1.54) is 13.2 Å². The molecule has 0 bridgehead atoms. The lowest BCUT2D eigenvalue weighted by molar-refractivity contribution is -0.400. The third-order valence-electron chi connectivity index (χ3n) is 2.52. The van der Waals surface area contributed by atoms with Gasteiger partial charge in [0.2, 0.25) is 6.20 Å². The molecule has 1 aromatic carbocycles. The first-order valence-electron chi connectivity index (χ1n) is 5.13. The number of ether oxygens (including phenoxy) is 1. The summed E-state index contributed by atoms with van der Waals surface area (Å²) < 4.78 is 4.68. The van der Waals surface area contributed by atoms with Gasteiger partial charge in [-0.2, -0.15) is 0 Å². The number of carbonyl (C=O) groups is 1. The Bertz CT molecular complexity index is 643. The van der Waals surface area contributed by atoms with Crippen LogP contribution in [0, 0.1) is 10.1 Å². The van der Waals surface area contributed by atoms with Crippen molar-refractivity contribution in [2.45, 2.75) is 0 Å². The normalized spacial score (nSPS) is 10.9. The lowest BCUT2D eigenvalue weighted by Gasteiger charge is -2.01. The Hall–Kier alpha value is -2.63. The molecule has 0 aliphatic carbocycles. The monoisotopic (exact) mass is 246 g/mol. The van der Waals surface area contributed by atoms with E-state index in [0.717, 1.165) is 11.7 Å². The van der Waals surface area contributed by atoms with E-state index in [1.807, 2.05) is 0 Å². The minimum atomic E-state index is -0.556. The Morgan fingerprint density at radius 1 is 1.50 bits per heavy atom. The Kier molecular flexibility index (Phi) is 3.09. The van der Waals surface area contributed by atoms with Crippen LogP contribution in [-0.4, -0.2) is 23.0 Å². The maximum absolute atomic E-state index is 11.6. The molecule has 0 spiro atoms. The number of fused-ring (bicyclic) bond motifs is 1. The highest BCUT2D eigenvalue weighted by molar-refractivity contribution is 6.06. The number of nitrogens with zero attached hydrogens (tertiary/aromatic N) is 1. The van der Waals surface area contributed by atoms with Crippen LogP contribution in [0.15, 0.2) is 30.6 Å². The SMILES string of the molecule is COC(=O)c1cccc2[nH]cc(/C=C/[N+](=O)[O-])c12. The quantitative estimate of drug-likeness (QED) is 0.511. The molecular formula is C12H10N2O4. The second kappa shape index (κ2) is 4.70. The number of benzene rings is 1. The van der Waals surface area contributed by atoms with Gasteiger partial charge in [0.25, 0.3) is 0 Å². The number of aromatic nitrogens is 1. The molecule has 0 amide bonds. The van der Waals surface area contributed by atoms with Gasteiger partial charge in [-0.3, -0.25) is 10.1 Å². The van der Waals surface area contributed by atoms with Crippen molar-refractivity contribution in [2.75, 3.05) is 7.11 Å². The van der Waals surface area contributed by atoms with Crippen molar-refractivity contribution in [3.05, 3.63) is 51.8 Å². The summed E-state index contributed by atoms with van der Waals surface area (Å²) in [5.74, 6) is -0.476. The first-order chi connectivity index (χ1) is 8.63. The molecule has 6 heteroatoms. The van der Waals surface area contributed by atoms with Gasteiger partial charge >= 0.3 is 5.97 Å². The van der Waals surface area contributed by atoms with Crippen LogP contribution in [-0.2, 0) is 4.74 Å². The molecule has 0 unspecified atom stereocenters. The summed E-state index contributed by atoms with van der Waals surface area (Å²) in [7, 11) is 1.29. The molecule has 92 valence electrons. The van der Waals surface area contributed by atoms with Crippen molar-refractivity contribution in [1.82, 2.24) is 4.98 Å². The van der Waals surface area contributed by atoms with Gasteiger partial charge < -0.3 is 9.72 Å². The molecule has 0 fully saturated rings. The van der Waals surface area contributed by atoms with E-state index in [-0.39, 0.29) is 0 Å². The molecule has 1 N–H and O–H groups in total. The summed E-state index contributed by atoms with van der Waals surface area (Å²) in [6.07, 6.45) is 3.78. The number of nitro groups is 1. The fourth-order valence-electron chi connectivity index (χ4n) is 1.76. The van der Waals surface area contributed by atoms with Crippen LogP contribution in [0.5, 0.6) is 0 Å². The number of hydrogen-bond donors (Lipinski definition) is 1. The maximum Gasteiger partial charge on any atom is 0.338 e. The van der Waals surface area contributed by atoms with Gasteiger partial charge in [0.15, 0.2) is 0 Å². The average Bonchev–Trinajstić information content (AvgIpc) is 2.78. The zero-order valence-corrected chi connectivity index (χ0v) is 9.54. The van der Waals surface area contributed by atoms with Crippen LogP contribution in [0.4, 0.5) is 0 Å². The molecule has 1 heterocycles. The Labute approximate surface area is 102 Å². The summed E-state index contributed by atoms with van der Waals surface area (Å²) in [6.45, 7) is 0. The maximum atomic E-state index is 11.6. The first-order valence-corrected chi connectivity index (χ1v) is 5.13. The molecule has 2 rings (SSSR count). The average molecular weight is 246 g/mol. The van der Waals surface area contributed by atoms with E-state index in [1.54, 1.807) is 24.4 Å². The Balaban J connectivity index is 2.62. The summed E-state index contributed by atoms with van der Waals surface area (Å²) >= 11 is 0. The third-order valence-corrected chi connectivity index (χ3v) is 2.52. The lowest BCUT2D eigenvalue weighted by atomic mass is 10.1.